The van der Waals surface area contributed by atoms with E-state index in [1.807, 2.05) is 6.07 Å². The molecule has 1 aromatic rings. The minimum Gasteiger partial charge on any atom is -0.504 e. The Bertz CT molecular complexity index is 559. The van der Waals surface area contributed by atoms with E-state index in [1.54, 1.807) is 6.07 Å². The summed E-state index contributed by atoms with van der Waals surface area (Å²) in [7, 11) is 2.14. The highest BCUT2D eigenvalue weighted by molar-refractivity contribution is 5.58. The quantitative estimate of drug-likeness (QED) is 0.757. The average molecular weight is 275 g/mol. The van der Waals surface area contributed by atoms with Crippen molar-refractivity contribution >= 4 is 0 Å². The van der Waals surface area contributed by atoms with Crippen LogP contribution in [0.1, 0.15) is 36.8 Å². The number of rotatable bonds is 0. The van der Waals surface area contributed by atoms with Crippen LogP contribution in [0.2, 0.25) is 0 Å². The standard InChI is InChI=1S/C16H21NO3/c1-17-7-6-16-5-4-11(18)8-13(16)20-15-12(19)3-2-10(9-17)14(15)16/h2-3,11,13,18-19H,4-9H2,1H3. The maximum atomic E-state index is 10.2. The zero-order valence-electron chi connectivity index (χ0n) is 11.8. The molecule has 3 unspecified atom stereocenters. The van der Waals surface area contributed by atoms with E-state index in [-0.39, 0.29) is 23.4 Å². The molecule has 1 aromatic carbocycles. The van der Waals surface area contributed by atoms with Crippen molar-refractivity contribution in [2.75, 3.05) is 13.6 Å². The molecule has 1 fully saturated rings. The highest BCUT2D eigenvalue weighted by Gasteiger charge is 2.54. The van der Waals surface area contributed by atoms with E-state index in [0.717, 1.165) is 32.4 Å². The van der Waals surface area contributed by atoms with Crippen LogP contribution < -0.4 is 4.74 Å². The molecule has 0 radical (unpaired) electrons. The molecule has 3 aliphatic rings. The lowest BCUT2D eigenvalue weighted by atomic mass is 9.65. The summed E-state index contributed by atoms with van der Waals surface area (Å²) >= 11 is 0. The highest BCUT2D eigenvalue weighted by Crippen LogP contribution is 2.57. The van der Waals surface area contributed by atoms with E-state index >= 15 is 0 Å². The van der Waals surface area contributed by atoms with Gasteiger partial charge in [0.2, 0.25) is 0 Å². The van der Waals surface area contributed by atoms with E-state index in [9.17, 15) is 10.2 Å². The molecule has 1 spiro atoms. The van der Waals surface area contributed by atoms with Gasteiger partial charge in [0.1, 0.15) is 6.10 Å². The van der Waals surface area contributed by atoms with Crippen LogP contribution in [-0.4, -0.2) is 40.9 Å². The number of phenolic OH excluding ortho intramolecular Hbond substituents is 1. The van der Waals surface area contributed by atoms with Crippen LogP contribution in [0, 0.1) is 0 Å². The fourth-order valence-corrected chi connectivity index (χ4v) is 4.35. The predicted molar refractivity (Wildman–Crippen MR) is 75.0 cm³/mol. The minimum absolute atomic E-state index is 0.00655. The SMILES string of the molecule is CN1CCC23CCC(O)CC2Oc2c(O)ccc(c23)C1. The predicted octanol–water partition coefficient (Wildman–Crippen LogP) is 1.77. The number of hydrogen-bond donors (Lipinski definition) is 2. The Balaban J connectivity index is 1.91. The van der Waals surface area contributed by atoms with Gasteiger partial charge in [-0.1, -0.05) is 6.07 Å². The molecular formula is C16H21NO3. The summed E-state index contributed by atoms with van der Waals surface area (Å²) in [6.07, 6.45) is 3.25. The van der Waals surface area contributed by atoms with E-state index in [0.29, 0.717) is 12.2 Å². The van der Waals surface area contributed by atoms with Crippen molar-refractivity contribution in [3.8, 4) is 11.5 Å². The van der Waals surface area contributed by atoms with Gasteiger partial charge >= 0.3 is 0 Å². The molecule has 4 rings (SSSR count). The topological polar surface area (TPSA) is 52.9 Å². The zero-order chi connectivity index (χ0) is 13.9. The van der Waals surface area contributed by atoms with Crippen molar-refractivity contribution in [1.29, 1.82) is 0 Å². The Morgan fingerprint density at radius 1 is 1.35 bits per heavy atom. The van der Waals surface area contributed by atoms with Crippen LogP contribution in [0.5, 0.6) is 11.5 Å². The van der Waals surface area contributed by atoms with E-state index in [1.165, 1.54) is 11.1 Å². The van der Waals surface area contributed by atoms with E-state index < -0.39 is 0 Å². The molecule has 4 heteroatoms. The van der Waals surface area contributed by atoms with Crippen LogP contribution in [-0.2, 0) is 12.0 Å². The lowest BCUT2D eigenvalue weighted by molar-refractivity contribution is 0.0120. The lowest BCUT2D eigenvalue weighted by Gasteiger charge is -2.40. The third-order valence-electron chi connectivity index (χ3n) is 5.39. The molecule has 1 saturated carbocycles. The summed E-state index contributed by atoms with van der Waals surface area (Å²) in [4.78, 5) is 2.34. The smallest absolute Gasteiger partial charge is 0.165 e. The Morgan fingerprint density at radius 2 is 2.20 bits per heavy atom. The number of aliphatic hydroxyl groups excluding tert-OH is 1. The molecule has 0 amide bonds. The molecule has 108 valence electrons. The second kappa shape index (κ2) is 4.12. The minimum atomic E-state index is -0.272. The summed E-state index contributed by atoms with van der Waals surface area (Å²) in [6.45, 7) is 1.94. The van der Waals surface area contributed by atoms with Gasteiger partial charge in [-0.3, -0.25) is 0 Å². The average Bonchev–Trinajstić information content (AvgIpc) is 2.68. The largest absolute Gasteiger partial charge is 0.504 e. The number of aliphatic hydroxyl groups is 1. The van der Waals surface area contributed by atoms with Crippen LogP contribution in [0.4, 0.5) is 0 Å². The van der Waals surface area contributed by atoms with Crippen LogP contribution in [0.15, 0.2) is 12.1 Å². The molecule has 0 bridgehead atoms. The normalized spacial score (nSPS) is 35.9. The van der Waals surface area contributed by atoms with E-state index in [4.69, 9.17) is 4.74 Å². The molecule has 4 nitrogen and oxygen atoms in total. The Kier molecular flexibility index (Phi) is 2.57. The molecule has 0 aromatic heterocycles. The number of nitrogens with zero attached hydrogens (tertiary/aromatic N) is 1. The van der Waals surface area contributed by atoms with Crippen molar-refractivity contribution < 1.29 is 14.9 Å². The van der Waals surface area contributed by atoms with Gasteiger partial charge in [-0.2, -0.15) is 0 Å². The van der Waals surface area contributed by atoms with Gasteiger partial charge in [-0.25, -0.2) is 0 Å². The van der Waals surface area contributed by atoms with Gasteiger partial charge in [0, 0.05) is 23.9 Å². The first-order valence-corrected chi connectivity index (χ1v) is 7.49. The van der Waals surface area contributed by atoms with Crippen molar-refractivity contribution in [2.24, 2.45) is 0 Å². The molecule has 3 atom stereocenters. The first-order valence-electron chi connectivity index (χ1n) is 7.49. The fourth-order valence-electron chi connectivity index (χ4n) is 4.35. The van der Waals surface area contributed by atoms with Gasteiger partial charge in [-0.05, 0) is 44.5 Å². The van der Waals surface area contributed by atoms with Crippen LogP contribution in [0.25, 0.3) is 0 Å². The molecule has 20 heavy (non-hydrogen) atoms. The molecule has 0 saturated heterocycles. The molecule has 2 heterocycles. The summed E-state index contributed by atoms with van der Waals surface area (Å²) in [5.74, 6) is 0.925. The van der Waals surface area contributed by atoms with Crippen molar-refractivity contribution in [3.05, 3.63) is 23.3 Å². The maximum Gasteiger partial charge on any atom is 0.165 e. The lowest BCUT2D eigenvalue weighted by Crippen LogP contribution is -2.45. The van der Waals surface area contributed by atoms with Crippen molar-refractivity contribution in [2.45, 2.75) is 49.9 Å². The van der Waals surface area contributed by atoms with E-state index in [2.05, 4.69) is 11.9 Å². The van der Waals surface area contributed by atoms with Gasteiger partial charge in [0.15, 0.2) is 11.5 Å². The number of benzene rings is 1. The van der Waals surface area contributed by atoms with Crippen molar-refractivity contribution in [1.82, 2.24) is 4.90 Å². The van der Waals surface area contributed by atoms with Crippen LogP contribution >= 0.6 is 0 Å². The summed E-state index contributed by atoms with van der Waals surface area (Å²) in [5.41, 5.74) is 2.49. The third-order valence-corrected chi connectivity index (χ3v) is 5.39. The van der Waals surface area contributed by atoms with Gasteiger partial charge in [0.25, 0.3) is 0 Å². The monoisotopic (exact) mass is 275 g/mol. The number of ether oxygens (including phenoxy) is 1. The first-order chi connectivity index (χ1) is 9.60. The highest BCUT2D eigenvalue weighted by atomic mass is 16.5. The summed E-state index contributed by atoms with van der Waals surface area (Å²) < 4.78 is 6.09. The third kappa shape index (κ3) is 1.55. The molecular weight excluding hydrogens is 254 g/mol. The summed E-state index contributed by atoms with van der Waals surface area (Å²) in [5, 5.41) is 20.1. The van der Waals surface area contributed by atoms with Crippen LogP contribution in [0.3, 0.4) is 0 Å². The molecule has 2 N–H and O–H groups in total. The Hall–Kier alpha value is -1.26. The van der Waals surface area contributed by atoms with Crippen molar-refractivity contribution in [3.63, 3.8) is 0 Å². The van der Waals surface area contributed by atoms with Gasteiger partial charge in [-0.15, -0.1) is 0 Å². The Morgan fingerprint density at radius 3 is 3.05 bits per heavy atom. The van der Waals surface area contributed by atoms with Gasteiger partial charge in [0.05, 0.1) is 6.10 Å². The second-order valence-corrected chi connectivity index (χ2v) is 6.63. The molecule has 2 aliphatic heterocycles. The summed E-state index contributed by atoms with van der Waals surface area (Å²) in [6, 6.07) is 3.78. The first kappa shape index (κ1) is 12.5. The molecule has 1 aliphatic carbocycles. The second-order valence-electron chi connectivity index (χ2n) is 6.63. The van der Waals surface area contributed by atoms with Gasteiger partial charge < -0.3 is 19.8 Å². The Labute approximate surface area is 119 Å². The number of phenols is 1. The number of aromatic hydroxyl groups is 1. The zero-order valence-corrected chi connectivity index (χ0v) is 11.8. The maximum absolute atomic E-state index is 10.2. The fraction of sp³-hybridized carbons (Fsp3) is 0.625. The number of hydrogen-bond acceptors (Lipinski definition) is 4.